The molecule has 8 aromatic rings. The molecule has 0 aromatic heterocycles. The molecular weight excluding hydrogens is 1060 g/mol. The van der Waals surface area contributed by atoms with Crippen LogP contribution in [-0.2, 0) is 41.4 Å². The van der Waals surface area contributed by atoms with Crippen LogP contribution in [0.4, 0.5) is 0 Å². The first kappa shape index (κ1) is 59.1. The Balaban J connectivity index is 1.09. The second kappa shape index (κ2) is 23.7. The zero-order chi connectivity index (χ0) is 60.5. The SMILES string of the molecule is C=Cc1ccc(C(O)(c2ccc(C=C)cc2)[C@@H]2OC3(CCC4(CC3)O[C@@H](C(O)(c3ccc(C=C)cc3)c3ccc(C=C)cc3)[C@H](C(O)(c3ccc(C=C)cc3)c3ccc(C=C)cc3)O4)O[C@H]2C(O)(c2ccc(C=C)cc2)c2ccc(C=C)cc2)cc1. The fraction of sp³-hybridized carbons (Fsp3) is 0.179. The van der Waals surface area contributed by atoms with E-state index >= 15 is 0 Å². The summed E-state index contributed by atoms with van der Waals surface area (Å²) in [5.41, 5.74) is 2.62. The fourth-order valence-corrected chi connectivity index (χ4v) is 12.9. The van der Waals surface area contributed by atoms with Gasteiger partial charge in [0.25, 0.3) is 0 Å². The normalized spacial score (nSPS) is 19.1. The molecule has 1 aliphatic carbocycles. The molecule has 8 aromatic carbocycles. The molecule has 0 bridgehead atoms. The molecule has 3 aliphatic rings. The molecule has 2 spiro atoms. The average Bonchev–Trinajstić information content (AvgIpc) is 1.72. The maximum Gasteiger partial charge on any atom is 0.170 e. The minimum atomic E-state index is -1.99. The van der Waals surface area contributed by atoms with Crippen molar-refractivity contribution in [2.24, 2.45) is 0 Å². The van der Waals surface area contributed by atoms with Crippen molar-refractivity contribution in [3.63, 3.8) is 0 Å². The molecule has 432 valence electrons. The highest BCUT2D eigenvalue weighted by Crippen LogP contribution is 2.59. The van der Waals surface area contributed by atoms with Crippen LogP contribution in [0.5, 0.6) is 0 Å². The van der Waals surface area contributed by atoms with Gasteiger partial charge in [-0.25, -0.2) is 0 Å². The van der Waals surface area contributed by atoms with Crippen LogP contribution in [0, 0.1) is 0 Å². The highest BCUT2D eigenvalue weighted by atomic mass is 16.8. The molecule has 2 saturated heterocycles. The van der Waals surface area contributed by atoms with E-state index in [-0.39, 0.29) is 25.7 Å². The monoisotopic (exact) mass is 1140 g/mol. The Morgan fingerprint density at radius 3 is 0.465 bits per heavy atom. The number of rotatable bonds is 20. The summed E-state index contributed by atoms with van der Waals surface area (Å²) in [5, 5.41) is 56.7. The molecule has 0 radical (unpaired) electrons. The van der Waals surface area contributed by atoms with E-state index in [9.17, 15) is 20.4 Å². The summed E-state index contributed by atoms with van der Waals surface area (Å²) in [6.45, 7) is 32.0. The minimum absolute atomic E-state index is 0.0994. The highest BCUT2D eigenvalue weighted by molar-refractivity contribution is 5.58. The van der Waals surface area contributed by atoms with Gasteiger partial charge in [-0.1, -0.05) is 295 Å². The minimum Gasteiger partial charge on any atom is -0.378 e. The maximum atomic E-state index is 14.2. The molecule has 4 atom stereocenters. The molecule has 4 N–H and O–H groups in total. The predicted molar refractivity (Wildman–Crippen MR) is 348 cm³/mol. The Morgan fingerprint density at radius 1 is 0.244 bits per heavy atom. The van der Waals surface area contributed by atoms with Crippen LogP contribution in [-0.4, -0.2) is 56.4 Å². The van der Waals surface area contributed by atoms with Crippen molar-refractivity contribution in [1.29, 1.82) is 0 Å². The smallest absolute Gasteiger partial charge is 0.170 e. The maximum absolute atomic E-state index is 14.2. The molecule has 2 heterocycles. The predicted octanol–water partition coefficient (Wildman–Crippen LogP) is 15.4. The van der Waals surface area contributed by atoms with Crippen molar-refractivity contribution < 1.29 is 39.4 Å². The van der Waals surface area contributed by atoms with Gasteiger partial charge in [0.2, 0.25) is 0 Å². The van der Waals surface area contributed by atoms with Crippen LogP contribution in [0.2, 0.25) is 0 Å². The quantitative estimate of drug-likeness (QED) is 0.0596. The molecule has 0 unspecified atom stereocenters. The number of hydrogen-bond donors (Lipinski definition) is 4. The second-order valence-electron chi connectivity index (χ2n) is 22.6. The van der Waals surface area contributed by atoms with E-state index in [1.165, 1.54) is 0 Å². The lowest BCUT2D eigenvalue weighted by molar-refractivity contribution is -0.278. The van der Waals surface area contributed by atoms with Crippen molar-refractivity contribution in [1.82, 2.24) is 0 Å². The number of ether oxygens (including phenoxy) is 4. The Morgan fingerprint density at radius 2 is 0.360 bits per heavy atom. The van der Waals surface area contributed by atoms with E-state index < -0.39 is 58.4 Å². The van der Waals surface area contributed by atoms with Gasteiger partial charge in [0.15, 0.2) is 11.6 Å². The first-order valence-electron chi connectivity index (χ1n) is 29.0. The fourth-order valence-electron chi connectivity index (χ4n) is 12.9. The van der Waals surface area contributed by atoms with E-state index in [1.54, 1.807) is 48.6 Å². The van der Waals surface area contributed by atoms with Crippen LogP contribution < -0.4 is 0 Å². The molecule has 8 heteroatoms. The molecule has 0 amide bonds. The van der Waals surface area contributed by atoms with Crippen molar-refractivity contribution >= 4 is 48.6 Å². The number of hydrogen-bond acceptors (Lipinski definition) is 8. The van der Waals surface area contributed by atoms with E-state index in [1.807, 2.05) is 194 Å². The Kier molecular flexibility index (Phi) is 16.3. The van der Waals surface area contributed by atoms with Gasteiger partial charge in [-0.15, -0.1) is 0 Å². The summed E-state index contributed by atoms with van der Waals surface area (Å²) in [6, 6.07) is 59.8. The van der Waals surface area contributed by atoms with Gasteiger partial charge in [0.1, 0.15) is 46.8 Å². The average molecular weight is 1140 g/mol. The van der Waals surface area contributed by atoms with Gasteiger partial charge in [0.05, 0.1) is 0 Å². The third kappa shape index (κ3) is 10.3. The topological polar surface area (TPSA) is 118 Å². The summed E-state index contributed by atoms with van der Waals surface area (Å²) >= 11 is 0. The zero-order valence-corrected chi connectivity index (χ0v) is 48.3. The second-order valence-corrected chi connectivity index (χ2v) is 22.6. The Labute approximate surface area is 505 Å². The molecule has 11 rings (SSSR count). The van der Waals surface area contributed by atoms with Gasteiger partial charge in [-0.3, -0.25) is 0 Å². The van der Waals surface area contributed by atoms with Crippen LogP contribution in [0.1, 0.15) is 115 Å². The van der Waals surface area contributed by atoms with Gasteiger partial charge in [-0.2, -0.15) is 0 Å². The van der Waals surface area contributed by atoms with Crippen molar-refractivity contribution in [3.8, 4) is 0 Å². The highest BCUT2D eigenvalue weighted by Gasteiger charge is 2.68. The lowest BCUT2D eigenvalue weighted by Crippen LogP contribution is -2.55. The molecular formula is C78H72O8. The first-order chi connectivity index (χ1) is 41.6. The molecule has 3 fully saturated rings. The van der Waals surface area contributed by atoms with E-state index in [4.69, 9.17) is 18.9 Å². The van der Waals surface area contributed by atoms with Gasteiger partial charge < -0.3 is 39.4 Å². The summed E-state index contributed by atoms with van der Waals surface area (Å²) < 4.78 is 30.3. The van der Waals surface area contributed by atoms with Crippen LogP contribution >= 0.6 is 0 Å². The molecule has 1 saturated carbocycles. The molecule has 86 heavy (non-hydrogen) atoms. The summed E-state index contributed by atoms with van der Waals surface area (Å²) in [7, 11) is 0. The lowest BCUT2D eigenvalue weighted by atomic mass is 9.71. The Bertz CT molecular complexity index is 3090. The van der Waals surface area contributed by atoms with Crippen LogP contribution in [0.25, 0.3) is 48.6 Å². The van der Waals surface area contributed by atoms with Crippen LogP contribution in [0.15, 0.2) is 247 Å². The summed E-state index contributed by atoms with van der Waals surface area (Å²) in [6.07, 6.45) is 9.03. The summed E-state index contributed by atoms with van der Waals surface area (Å²) in [5.74, 6) is -3.02. The largest absolute Gasteiger partial charge is 0.378 e. The summed E-state index contributed by atoms with van der Waals surface area (Å²) in [4.78, 5) is 0. The molecule has 8 nitrogen and oxygen atoms in total. The van der Waals surface area contributed by atoms with Gasteiger partial charge >= 0.3 is 0 Å². The van der Waals surface area contributed by atoms with E-state index in [2.05, 4.69) is 52.6 Å². The van der Waals surface area contributed by atoms with Gasteiger partial charge in [-0.05, 0) is 89.0 Å². The third-order valence-corrected chi connectivity index (χ3v) is 18.0. The van der Waals surface area contributed by atoms with E-state index in [0.717, 1.165) is 44.5 Å². The number of benzene rings is 8. The van der Waals surface area contributed by atoms with Crippen molar-refractivity contribution in [3.05, 3.63) is 336 Å². The van der Waals surface area contributed by atoms with Crippen LogP contribution in [0.3, 0.4) is 0 Å². The first-order valence-corrected chi connectivity index (χ1v) is 29.0. The third-order valence-electron chi connectivity index (χ3n) is 18.0. The van der Waals surface area contributed by atoms with Crippen molar-refractivity contribution in [2.45, 2.75) is 84.1 Å². The Hall–Kier alpha value is -8.64. The van der Waals surface area contributed by atoms with E-state index in [0.29, 0.717) is 44.5 Å². The zero-order valence-electron chi connectivity index (χ0n) is 48.3. The standard InChI is InChI=1S/C78H72O8/c1-9-53-17-33-61(34-18-53)75(79,62-35-19-54(10-2)20-36-62)69-70(76(80,63-37-21-55(11-3)22-38-63)64-39-23-56(12-4)24-40-64)84-73(83-69)49-51-74(52-50-73)85-71(77(81,65-41-25-57(13-5)26-42-65)66-43-27-58(14-6)28-44-66)72(86-74)78(82,67-45-29-59(15-7)30-46-67)68-47-31-60(16-8)32-48-68/h9-48,69-72,79-82H,1-8,49-52H2/t69-,70-,71-,72-/m1/s1. The lowest BCUT2D eigenvalue weighted by Gasteiger charge is -2.42. The number of aliphatic hydroxyl groups is 4. The van der Waals surface area contributed by atoms with Crippen molar-refractivity contribution in [2.75, 3.05) is 0 Å². The van der Waals surface area contributed by atoms with Gasteiger partial charge in [0, 0.05) is 25.7 Å². The molecule has 2 aliphatic heterocycles.